The standard InChI is InChI=1S/C14H29NO.H2S.H2/c1-4-7-8-11-14(16)15-12-9-10-13(5-2)6-3;;/h13H,4-12H2,1-3H3,(H,15,16);1H2;1H. The third-order valence-electron chi connectivity index (χ3n) is 3.27. The molecule has 0 unspecified atom stereocenters. The van der Waals surface area contributed by atoms with Gasteiger partial charge in [0.1, 0.15) is 0 Å². The molecule has 0 aromatic carbocycles. The molecule has 0 saturated heterocycles. The van der Waals surface area contributed by atoms with Gasteiger partial charge in [0.25, 0.3) is 0 Å². The summed E-state index contributed by atoms with van der Waals surface area (Å²) in [6, 6.07) is 0. The van der Waals surface area contributed by atoms with Crippen LogP contribution in [0.3, 0.4) is 0 Å². The van der Waals surface area contributed by atoms with Gasteiger partial charge in [-0.2, -0.15) is 13.5 Å². The summed E-state index contributed by atoms with van der Waals surface area (Å²) in [6.07, 6.45) is 9.01. The first kappa shape index (κ1) is 19.2. The molecular weight excluding hydrogens is 230 g/mol. The summed E-state index contributed by atoms with van der Waals surface area (Å²) in [6.45, 7) is 7.52. The normalized spacial score (nSPS) is 10.1. The third-order valence-corrected chi connectivity index (χ3v) is 3.27. The zero-order valence-electron chi connectivity index (χ0n) is 11.8. The van der Waals surface area contributed by atoms with Crippen LogP contribution in [0, 0.1) is 5.92 Å². The molecule has 2 nitrogen and oxygen atoms in total. The molecule has 0 aliphatic carbocycles. The van der Waals surface area contributed by atoms with Gasteiger partial charge in [0.15, 0.2) is 0 Å². The van der Waals surface area contributed by atoms with Gasteiger partial charge in [-0.05, 0) is 25.2 Å². The first-order valence-electron chi connectivity index (χ1n) is 7.01. The van der Waals surface area contributed by atoms with Crippen LogP contribution in [0.15, 0.2) is 0 Å². The predicted octanol–water partition coefficient (Wildman–Crippen LogP) is 4.26. The Morgan fingerprint density at radius 2 is 1.76 bits per heavy atom. The summed E-state index contributed by atoms with van der Waals surface area (Å²) in [5.41, 5.74) is 0. The molecule has 0 aromatic heterocycles. The molecule has 0 aliphatic heterocycles. The Labute approximate surface area is 116 Å². The van der Waals surface area contributed by atoms with Crippen molar-refractivity contribution < 1.29 is 6.22 Å². The zero-order chi connectivity index (χ0) is 12.2. The molecule has 0 bridgehead atoms. The van der Waals surface area contributed by atoms with Gasteiger partial charge in [-0.3, -0.25) is 4.79 Å². The molecule has 0 atom stereocenters. The molecule has 106 valence electrons. The number of hydrogen-bond donors (Lipinski definition) is 1. The van der Waals surface area contributed by atoms with Crippen LogP contribution in [0.4, 0.5) is 0 Å². The fourth-order valence-electron chi connectivity index (χ4n) is 1.94. The third kappa shape index (κ3) is 12.1. The monoisotopic (exact) mass is 263 g/mol. The van der Waals surface area contributed by atoms with Gasteiger partial charge in [-0.15, -0.1) is 0 Å². The summed E-state index contributed by atoms with van der Waals surface area (Å²) < 4.78 is 0. The average molecular weight is 263 g/mol. The highest BCUT2D eigenvalue weighted by molar-refractivity contribution is 7.59. The van der Waals surface area contributed by atoms with Crippen molar-refractivity contribution in [2.45, 2.75) is 72.1 Å². The Balaban J connectivity index is -0.00000112. The van der Waals surface area contributed by atoms with E-state index in [2.05, 4.69) is 26.1 Å². The van der Waals surface area contributed by atoms with E-state index in [0.717, 1.165) is 25.3 Å². The van der Waals surface area contributed by atoms with Crippen molar-refractivity contribution in [1.29, 1.82) is 0 Å². The van der Waals surface area contributed by atoms with E-state index in [1.54, 1.807) is 0 Å². The minimum Gasteiger partial charge on any atom is -0.356 e. The number of unbranched alkanes of at least 4 members (excludes halogenated alkanes) is 2. The van der Waals surface area contributed by atoms with Gasteiger partial charge in [-0.25, -0.2) is 0 Å². The molecule has 1 N–H and O–H groups in total. The Hall–Kier alpha value is -0.180. The van der Waals surface area contributed by atoms with Gasteiger partial charge in [0.05, 0.1) is 0 Å². The van der Waals surface area contributed by atoms with Gasteiger partial charge < -0.3 is 5.32 Å². The predicted molar refractivity (Wildman–Crippen MR) is 83.0 cm³/mol. The first-order chi connectivity index (χ1) is 7.74. The lowest BCUT2D eigenvalue weighted by Crippen LogP contribution is -2.24. The molecule has 1 amide bonds. The van der Waals surface area contributed by atoms with Crippen LogP contribution in [0.25, 0.3) is 0 Å². The molecule has 0 radical (unpaired) electrons. The second-order valence-corrected chi connectivity index (χ2v) is 4.63. The van der Waals surface area contributed by atoms with Crippen LogP contribution in [0.1, 0.15) is 73.6 Å². The second-order valence-electron chi connectivity index (χ2n) is 4.63. The van der Waals surface area contributed by atoms with Crippen LogP contribution >= 0.6 is 13.5 Å². The average Bonchev–Trinajstić information content (AvgIpc) is 2.30. The van der Waals surface area contributed by atoms with Crippen molar-refractivity contribution >= 4 is 19.4 Å². The van der Waals surface area contributed by atoms with E-state index in [0.29, 0.717) is 6.42 Å². The van der Waals surface area contributed by atoms with E-state index in [1.807, 2.05) is 0 Å². The van der Waals surface area contributed by atoms with Crippen LogP contribution in [-0.2, 0) is 4.79 Å². The first-order valence-corrected chi connectivity index (χ1v) is 7.01. The highest BCUT2D eigenvalue weighted by Gasteiger charge is 2.04. The van der Waals surface area contributed by atoms with Crippen molar-refractivity contribution in [2.75, 3.05) is 6.54 Å². The van der Waals surface area contributed by atoms with Crippen LogP contribution in [0.2, 0.25) is 0 Å². The summed E-state index contributed by atoms with van der Waals surface area (Å²) in [5.74, 6) is 1.08. The highest BCUT2D eigenvalue weighted by Crippen LogP contribution is 2.13. The van der Waals surface area contributed by atoms with Crippen molar-refractivity contribution in [3.63, 3.8) is 0 Å². The van der Waals surface area contributed by atoms with Gasteiger partial charge in [0, 0.05) is 14.4 Å². The van der Waals surface area contributed by atoms with Crippen LogP contribution < -0.4 is 5.32 Å². The lowest BCUT2D eigenvalue weighted by atomic mass is 9.98. The molecular formula is C14H33NOS. The molecule has 0 aromatic rings. The van der Waals surface area contributed by atoms with Crippen molar-refractivity contribution in [3.05, 3.63) is 0 Å². The quantitative estimate of drug-likeness (QED) is 0.586. The summed E-state index contributed by atoms with van der Waals surface area (Å²) in [5, 5.41) is 3.01. The molecule has 0 fully saturated rings. The smallest absolute Gasteiger partial charge is 0.219 e. The van der Waals surface area contributed by atoms with Gasteiger partial charge in [-0.1, -0.05) is 46.5 Å². The molecule has 0 saturated carbocycles. The zero-order valence-corrected chi connectivity index (χ0v) is 12.8. The number of hydrogen-bond acceptors (Lipinski definition) is 1. The van der Waals surface area contributed by atoms with Gasteiger partial charge >= 0.3 is 0 Å². The van der Waals surface area contributed by atoms with E-state index in [4.69, 9.17) is 0 Å². The molecule has 0 spiro atoms. The molecule has 3 heteroatoms. The summed E-state index contributed by atoms with van der Waals surface area (Å²) in [7, 11) is 0. The van der Waals surface area contributed by atoms with E-state index in [9.17, 15) is 4.79 Å². The van der Waals surface area contributed by atoms with Crippen LogP contribution in [0.5, 0.6) is 0 Å². The number of carbonyl (C=O) groups is 1. The Bertz CT molecular complexity index is 175. The van der Waals surface area contributed by atoms with Crippen molar-refractivity contribution in [1.82, 2.24) is 5.32 Å². The summed E-state index contributed by atoms with van der Waals surface area (Å²) >= 11 is 0. The maximum absolute atomic E-state index is 11.4. The van der Waals surface area contributed by atoms with Crippen LogP contribution in [-0.4, -0.2) is 12.5 Å². The number of amides is 1. The largest absolute Gasteiger partial charge is 0.356 e. The Kier molecular flexibility index (Phi) is 15.7. The Morgan fingerprint density at radius 1 is 1.12 bits per heavy atom. The molecule has 0 heterocycles. The van der Waals surface area contributed by atoms with E-state index in [-0.39, 0.29) is 20.8 Å². The van der Waals surface area contributed by atoms with E-state index < -0.39 is 0 Å². The SMILES string of the molecule is CCCCCC(=O)NCCCC(CC)CC.S.[HH]. The molecule has 17 heavy (non-hydrogen) atoms. The van der Waals surface area contributed by atoms with E-state index in [1.165, 1.54) is 32.1 Å². The van der Waals surface area contributed by atoms with Gasteiger partial charge in [0.2, 0.25) is 5.91 Å². The minimum absolute atomic E-state index is 0. The highest BCUT2D eigenvalue weighted by atomic mass is 32.1. The van der Waals surface area contributed by atoms with Crippen molar-refractivity contribution in [3.8, 4) is 0 Å². The summed E-state index contributed by atoms with van der Waals surface area (Å²) in [4.78, 5) is 11.4. The lowest BCUT2D eigenvalue weighted by Gasteiger charge is -2.11. The minimum atomic E-state index is 0. The fraction of sp³-hybridized carbons (Fsp3) is 0.929. The molecule has 0 aliphatic rings. The Morgan fingerprint density at radius 3 is 2.29 bits per heavy atom. The number of carbonyl (C=O) groups excluding carboxylic acids is 1. The molecule has 0 rings (SSSR count). The maximum Gasteiger partial charge on any atom is 0.219 e. The topological polar surface area (TPSA) is 29.1 Å². The van der Waals surface area contributed by atoms with Crippen molar-refractivity contribution in [2.24, 2.45) is 5.92 Å². The van der Waals surface area contributed by atoms with E-state index >= 15 is 0 Å². The fourth-order valence-corrected chi connectivity index (χ4v) is 1.94. The number of rotatable bonds is 10. The second kappa shape index (κ2) is 13.9. The maximum atomic E-state index is 11.4. The lowest BCUT2D eigenvalue weighted by molar-refractivity contribution is -0.121. The number of nitrogens with one attached hydrogen (secondary N) is 1.